The topological polar surface area (TPSA) is 46.6 Å². The lowest BCUT2D eigenvalue weighted by atomic mass is 9.96. The number of rotatable bonds is 4. The van der Waals surface area contributed by atoms with E-state index in [-0.39, 0.29) is 11.9 Å². The van der Waals surface area contributed by atoms with Crippen molar-refractivity contribution in [3.05, 3.63) is 35.5 Å². The summed E-state index contributed by atoms with van der Waals surface area (Å²) >= 11 is 0. The van der Waals surface area contributed by atoms with Crippen molar-refractivity contribution in [3.8, 4) is 0 Å². The van der Waals surface area contributed by atoms with Gasteiger partial charge in [0.25, 0.3) is 0 Å². The van der Waals surface area contributed by atoms with Gasteiger partial charge in [0.2, 0.25) is 5.91 Å². The molecule has 118 valence electrons. The highest BCUT2D eigenvalue weighted by molar-refractivity contribution is 5.94. The summed E-state index contributed by atoms with van der Waals surface area (Å²) < 4.78 is 5.13. The van der Waals surface area contributed by atoms with E-state index in [0.717, 1.165) is 32.1 Å². The molecule has 2 amide bonds. The monoisotopic (exact) mass is 301 g/mol. The predicted octanol–water partition coefficient (Wildman–Crippen LogP) is 3.89. The van der Waals surface area contributed by atoms with Crippen LogP contribution in [0.3, 0.4) is 0 Å². The molecule has 1 atom stereocenters. The maximum absolute atomic E-state index is 12.5. The van der Waals surface area contributed by atoms with Gasteiger partial charge in [0.05, 0.1) is 6.04 Å². The minimum absolute atomic E-state index is 0.110. The molecule has 1 saturated heterocycles. The molecule has 1 unspecified atom stereocenters. The van der Waals surface area contributed by atoms with Gasteiger partial charge in [-0.2, -0.15) is 0 Å². The van der Waals surface area contributed by atoms with Crippen LogP contribution in [0, 0.1) is 0 Å². The van der Waals surface area contributed by atoms with Crippen LogP contribution in [-0.4, -0.2) is 29.5 Å². The molecule has 22 heavy (non-hydrogen) atoms. The van der Waals surface area contributed by atoms with Crippen molar-refractivity contribution in [3.63, 3.8) is 0 Å². The van der Waals surface area contributed by atoms with E-state index in [0.29, 0.717) is 19.4 Å². The first kappa shape index (κ1) is 15.1. The molecule has 0 N–H and O–H groups in total. The van der Waals surface area contributed by atoms with Crippen LogP contribution >= 0.6 is 0 Å². The molecule has 0 bridgehead atoms. The molecule has 0 aromatic rings. The zero-order chi connectivity index (χ0) is 15.4. The van der Waals surface area contributed by atoms with E-state index in [1.54, 1.807) is 0 Å². The summed E-state index contributed by atoms with van der Waals surface area (Å²) in [6.45, 7) is 0.314. The maximum atomic E-state index is 12.5. The van der Waals surface area contributed by atoms with Gasteiger partial charge in [-0.15, -0.1) is 0 Å². The van der Waals surface area contributed by atoms with E-state index in [1.165, 1.54) is 22.5 Å². The molecule has 1 aliphatic heterocycles. The average molecular weight is 301 g/mol. The van der Waals surface area contributed by atoms with E-state index in [9.17, 15) is 9.59 Å². The normalized spacial score (nSPS) is 24.8. The van der Waals surface area contributed by atoms with Crippen molar-refractivity contribution < 1.29 is 14.3 Å². The van der Waals surface area contributed by atoms with Crippen LogP contribution in [0.4, 0.5) is 4.79 Å². The Hall–Kier alpha value is -1.84. The first-order valence-electron chi connectivity index (χ1n) is 8.26. The van der Waals surface area contributed by atoms with E-state index < -0.39 is 6.09 Å². The number of imide groups is 1. The van der Waals surface area contributed by atoms with Crippen LogP contribution in [0.15, 0.2) is 35.5 Å². The summed E-state index contributed by atoms with van der Waals surface area (Å²) in [5.41, 5.74) is 2.37. The molecule has 4 heteroatoms. The summed E-state index contributed by atoms with van der Waals surface area (Å²) in [7, 11) is 0. The molecule has 4 nitrogen and oxygen atoms in total. The summed E-state index contributed by atoms with van der Waals surface area (Å²) in [4.78, 5) is 25.8. The zero-order valence-corrected chi connectivity index (χ0v) is 12.9. The highest BCUT2D eigenvalue weighted by Crippen LogP contribution is 2.26. The minimum Gasteiger partial charge on any atom is -0.447 e. The van der Waals surface area contributed by atoms with Crippen LogP contribution < -0.4 is 0 Å². The Kier molecular flexibility index (Phi) is 4.76. The third-order valence-electron chi connectivity index (χ3n) is 4.54. The van der Waals surface area contributed by atoms with Gasteiger partial charge in [0, 0.05) is 6.42 Å². The minimum atomic E-state index is -0.480. The quantitative estimate of drug-likeness (QED) is 0.740. The molecule has 0 saturated carbocycles. The Bertz CT molecular complexity index is 545. The van der Waals surface area contributed by atoms with Crippen LogP contribution in [-0.2, 0) is 9.53 Å². The fourth-order valence-electron chi connectivity index (χ4n) is 3.35. The molecule has 0 aromatic heterocycles. The lowest BCUT2D eigenvalue weighted by molar-refractivity contribution is -0.128. The second kappa shape index (κ2) is 6.95. The largest absolute Gasteiger partial charge is 0.447 e. The smallest absolute Gasteiger partial charge is 0.416 e. The summed E-state index contributed by atoms with van der Waals surface area (Å²) in [5, 5.41) is 0. The van der Waals surface area contributed by atoms with Gasteiger partial charge in [-0.05, 0) is 44.9 Å². The number of carbonyl (C=O) groups excluding carboxylic acids is 2. The number of hydrogen-bond acceptors (Lipinski definition) is 3. The Balaban J connectivity index is 1.64. The highest BCUT2D eigenvalue weighted by atomic mass is 16.6. The molecular weight excluding hydrogens is 278 g/mol. The van der Waals surface area contributed by atoms with Crippen molar-refractivity contribution in [1.29, 1.82) is 0 Å². The van der Waals surface area contributed by atoms with Gasteiger partial charge in [-0.25, -0.2) is 9.69 Å². The Labute approximate surface area is 131 Å². The average Bonchev–Trinajstić information content (AvgIpc) is 2.90. The van der Waals surface area contributed by atoms with Gasteiger partial charge in [0.15, 0.2) is 0 Å². The third-order valence-corrected chi connectivity index (χ3v) is 4.54. The predicted molar refractivity (Wildman–Crippen MR) is 84.2 cm³/mol. The van der Waals surface area contributed by atoms with Crippen molar-refractivity contribution in [2.24, 2.45) is 0 Å². The first-order chi connectivity index (χ1) is 10.7. The van der Waals surface area contributed by atoms with Crippen LogP contribution in [0.25, 0.3) is 0 Å². The van der Waals surface area contributed by atoms with E-state index in [1.807, 2.05) is 0 Å². The van der Waals surface area contributed by atoms with E-state index >= 15 is 0 Å². The molecular formula is C18H23NO3. The molecule has 0 radical (unpaired) electrons. The molecule has 2 aliphatic carbocycles. The van der Waals surface area contributed by atoms with Crippen LogP contribution in [0.5, 0.6) is 0 Å². The summed E-state index contributed by atoms with van der Waals surface area (Å²) in [5.74, 6) is -0.110. The van der Waals surface area contributed by atoms with Gasteiger partial charge in [-0.3, -0.25) is 4.79 Å². The van der Waals surface area contributed by atoms with Gasteiger partial charge in [-0.1, -0.05) is 35.5 Å². The van der Waals surface area contributed by atoms with E-state index in [4.69, 9.17) is 4.74 Å². The first-order valence-corrected chi connectivity index (χ1v) is 8.26. The summed E-state index contributed by atoms with van der Waals surface area (Å²) in [6, 6.07) is -0.154. The number of allylic oxidation sites excluding steroid dienone is 4. The lowest BCUT2D eigenvalue weighted by Crippen LogP contribution is -2.39. The second-order valence-corrected chi connectivity index (χ2v) is 6.24. The van der Waals surface area contributed by atoms with Gasteiger partial charge < -0.3 is 4.74 Å². The number of carbonyl (C=O) groups is 2. The van der Waals surface area contributed by atoms with Crippen LogP contribution in [0.2, 0.25) is 0 Å². The molecule has 1 fully saturated rings. The number of amides is 2. The number of cyclic esters (lactones) is 1. The maximum Gasteiger partial charge on any atom is 0.416 e. The highest BCUT2D eigenvalue weighted by Gasteiger charge is 2.38. The molecule has 3 rings (SSSR count). The lowest BCUT2D eigenvalue weighted by Gasteiger charge is -2.22. The third kappa shape index (κ3) is 3.49. The molecule has 1 heterocycles. The second-order valence-electron chi connectivity index (χ2n) is 6.24. The Morgan fingerprint density at radius 1 is 1.23 bits per heavy atom. The molecule has 0 aromatic carbocycles. The number of hydrogen-bond donors (Lipinski definition) is 0. The Morgan fingerprint density at radius 2 is 2.14 bits per heavy atom. The molecule has 3 aliphatic rings. The summed E-state index contributed by atoms with van der Waals surface area (Å²) in [6.07, 6.45) is 15.6. The fraction of sp³-hybridized carbons (Fsp3) is 0.556. The number of nitrogens with zero attached hydrogens (tertiary/aromatic N) is 1. The van der Waals surface area contributed by atoms with Gasteiger partial charge >= 0.3 is 6.09 Å². The fourth-order valence-corrected chi connectivity index (χ4v) is 3.35. The van der Waals surface area contributed by atoms with Crippen molar-refractivity contribution in [1.82, 2.24) is 4.90 Å². The molecule has 0 spiro atoms. The zero-order valence-electron chi connectivity index (χ0n) is 12.9. The standard InChI is InChI=1S/C18H23NO3/c20-17(12-15-9-5-2-6-10-15)19-16(13-22-18(19)21)11-14-7-3-1-4-8-14/h3,7-9,16H,1-2,4-6,10-13H2. The SMILES string of the molecule is O=C(CC1=CCCCC1)N1C(=O)OCC1CC1=CCCC=C1. The van der Waals surface area contributed by atoms with Crippen molar-refractivity contribution >= 4 is 12.0 Å². The Morgan fingerprint density at radius 3 is 2.86 bits per heavy atom. The van der Waals surface area contributed by atoms with Crippen molar-refractivity contribution in [2.45, 2.75) is 57.4 Å². The number of ether oxygens (including phenoxy) is 1. The van der Waals surface area contributed by atoms with Crippen LogP contribution in [0.1, 0.15) is 51.4 Å². The van der Waals surface area contributed by atoms with Gasteiger partial charge in [0.1, 0.15) is 6.61 Å². The van der Waals surface area contributed by atoms with E-state index in [2.05, 4.69) is 24.3 Å². The van der Waals surface area contributed by atoms with Crippen molar-refractivity contribution in [2.75, 3.05) is 6.61 Å².